The second kappa shape index (κ2) is 16.9. The molecule has 0 saturated heterocycles. The van der Waals surface area contributed by atoms with Gasteiger partial charge in [0.1, 0.15) is 10.1 Å². The molecule has 2 aromatic heterocycles. The second-order valence-corrected chi connectivity index (χ2v) is 12.0. The van der Waals surface area contributed by atoms with Crippen molar-refractivity contribution in [2.75, 3.05) is 0 Å². The molecule has 0 saturated carbocycles. The first-order chi connectivity index (χ1) is 19.5. The maximum absolute atomic E-state index is 11.7. The number of nitrogens with zero attached hydrogens (tertiary/aromatic N) is 2. The summed E-state index contributed by atoms with van der Waals surface area (Å²) in [6.07, 6.45) is 3.82. The van der Waals surface area contributed by atoms with E-state index in [4.69, 9.17) is 0 Å². The molecule has 5 rings (SSSR count). The molecule has 11 heteroatoms. The standard InChI is InChI=1S/2C11H10NOS.C9H12O3S.BrH/c2*13-11(8-12-6-7-14-9-12)10-4-2-1-3-5-10;1-6-4-7(2)9(8(3)5-6)13(10,11)12;/h2*1-7,9H,8H2;4-5H,1-3H3,(H,10,11,12);1H/q2*+1;;/p-2. The summed E-state index contributed by atoms with van der Waals surface area (Å²) in [5.74, 6) is 0.294. The van der Waals surface area contributed by atoms with Crippen LogP contribution >= 0.6 is 22.7 Å². The quantitative estimate of drug-likeness (QED) is 0.149. The number of thiazole rings is 2. The SMILES string of the molecule is Cc1cc(C)c(S(=O)(=O)[O-])c(C)c1.O=C(C[n+]1ccsc1)c1ccccc1.O=C(C[n+]1ccsc1)c1ccccc1.[Br-]. The van der Waals surface area contributed by atoms with Gasteiger partial charge in [0.2, 0.25) is 35.7 Å². The van der Waals surface area contributed by atoms with E-state index in [1.807, 2.05) is 111 Å². The van der Waals surface area contributed by atoms with E-state index in [-0.39, 0.29) is 33.4 Å². The number of aromatic nitrogens is 2. The fourth-order valence-electron chi connectivity index (χ4n) is 4.03. The van der Waals surface area contributed by atoms with Crippen molar-refractivity contribution in [1.82, 2.24) is 0 Å². The molecule has 0 radical (unpaired) electrons. The summed E-state index contributed by atoms with van der Waals surface area (Å²) >= 11 is 3.18. The molecule has 0 fully saturated rings. The monoisotopic (exact) mass is 686 g/mol. The van der Waals surface area contributed by atoms with Gasteiger partial charge in [-0.1, -0.05) is 101 Å². The number of carbonyl (C=O) groups is 2. The maximum Gasteiger partial charge on any atom is 0.227 e. The summed E-state index contributed by atoms with van der Waals surface area (Å²) < 4.78 is 36.3. The molecule has 0 unspecified atom stereocenters. The Labute approximate surface area is 265 Å². The van der Waals surface area contributed by atoms with Crippen molar-refractivity contribution in [3.05, 3.63) is 135 Å². The summed E-state index contributed by atoms with van der Waals surface area (Å²) in [4.78, 5) is 23.3. The van der Waals surface area contributed by atoms with Crippen LogP contribution in [0.15, 0.2) is 112 Å². The Balaban J connectivity index is 0.000000218. The van der Waals surface area contributed by atoms with E-state index in [1.54, 1.807) is 48.7 Å². The molecule has 0 aliphatic rings. The van der Waals surface area contributed by atoms with Crippen LogP contribution in [0.25, 0.3) is 0 Å². The van der Waals surface area contributed by atoms with Gasteiger partial charge in [-0.25, -0.2) is 8.42 Å². The Hall–Kier alpha value is -3.35. The largest absolute Gasteiger partial charge is 1.00 e. The van der Waals surface area contributed by atoms with E-state index in [1.165, 1.54) is 0 Å². The Bertz CT molecular complexity index is 1550. The molecule has 2 heterocycles. The van der Waals surface area contributed by atoms with Gasteiger partial charge in [0.05, 0.1) is 15.7 Å². The lowest BCUT2D eigenvalue weighted by molar-refractivity contribution is -0.678. The van der Waals surface area contributed by atoms with Gasteiger partial charge in [0.25, 0.3) is 0 Å². The summed E-state index contributed by atoms with van der Waals surface area (Å²) in [7, 11) is -4.33. The van der Waals surface area contributed by atoms with E-state index in [9.17, 15) is 22.6 Å². The van der Waals surface area contributed by atoms with Gasteiger partial charge in [-0.15, -0.1) is 0 Å². The van der Waals surface area contributed by atoms with Crippen LogP contribution in [0.1, 0.15) is 37.4 Å². The van der Waals surface area contributed by atoms with Gasteiger partial charge in [0, 0.05) is 11.1 Å². The number of halogens is 1. The Morgan fingerprint density at radius 3 is 1.40 bits per heavy atom. The second-order valence-electron chi connectivity index (χ2n) is 9.16. The normalized spacial score (nSPS) is 10.3. The zero-order chi connectivity index (χ0) is 29.8. The molecule has 0 spiro atoms. The number of hydrogen-bond donors (Lipinski definition) is 0. The molecular formula is C31H31BrN2O5S3. The van der Waals surface area contributed by atoms with Crippen LogP contribution in [0.3, 0.4) is 0 Å². The molecule has 0 amide bonds. The average molecular weight is 688 g/mol. The van der Waals surface area contributed by atoms with Crippen molar-refractivity contribution in [3.8, 4) is 0 Å². The predicted molar refractivity (Wildman–Crippen MR) is 159 cm³/mol. The fraction of sp³-hybridized carbons (Fsp3) is 0.161. The Morgan fingerprint density at radius 2 is 1.10 bits per heavy atom. The molecule has 0 atom stereocenters. The fourth-order valence-corrected chi connectivity index (χ4v) is 6.13. The highest BCUT2D eigenvalue weighted by Crippen LogP contribution is 2.20. The highest BCUT2D eigenvalue weighted by atomic mass is 79.9. The molecule has 3 aromatic carbocycles. The minimum absolute atomic E-state index is 0. The number of aryl methyl sites for hydroxylation is 3. The first-order valence-corrected chi connectivity index (χ1v) is 15.9. The molecule has 0 aliphatic heterocycles. The van der Waals surface area contributed by atoms with E-state index in [2.05, 4.69) is 0 Å². The van der Waals surface area contributed by atoms with Crippen LogP contribution in [0.5, 0.6) is 0 Å². The minimum Gasteiger partial charge on any atom is -1.00 e. The van der Waals surface area contributed by atoms with Gasteiger partial charge in [-0.3, -0.25) is 9.59 Å². The van der Waals surface area contributed by atoms with Crippen LogP contribution in [0, 0.1) is 20.8 Å². The van der Waals surface area contributed by atoms with Crippen molar-refractivity contribution >= 4 is 44.4 Å². The molecular weight excluding hydrogens is 656 g/mol. The van der Waals surface area contributed by atoms with Crippen LogP contribution in [-0.4, -0.2) is 24.5 Å². The van der Waals surface area contributed by atoms with Gasteiger partial charge >= 0.3 is 0 Å². The van der Waals surface area contributed by atoms with Crippen molar-refractivity contribution < 1.29 is 48.7 Å². The van der Waals surface area contributed by atoms with E-state index >= 15 is 0 Å². The third-order valence-electron chi connectivity index (χ3n) is 5.75. The van der Waals surface area contributed by atoms with Gasteiger partial charge in [0.15, 0.2) is 12.4 Å². The van der Waals surface area contributed by atoms with Crippen LogP contribution in [0.2, 0.25) is 0 Å². The predicted octanol–water partition coefficient (Wildman–Crippen LogP) is 2.36. The van der Waals surface area contributed by atoms with Gasteiger partial charge < -0.3 is 21.5 Å². The molecule has 42 heavy (non-hydrogen) atoms. The summed E-state index contributed by atoms with van der Waals surface area (Å²) in [5, 5.41) is 3.91. The third-order valence-corrected chi connectivity index (χ3v) is 8.24. The number of benzene rings is 3. The number of ketones is 2. The Kier molecular flexibility index (Phi) is 14.1. The van der Waals surface area contributed by atoms with Crippen molar-refractivity contribution in [1.29, 1.82) is 0 Å². The summed E-state index contributed by atoms with van der Waals surface area (Å²) in [6, 6.07) is 22.1. The van der Waals surface area contributed by atoms with Crippen molar-refractivity contribution in [3.63, 3.8) is 0 Å². The topological polar surface area (TPSA) is 99.1 Å². The first kappa shape index (κ1) is 34.8. The lowest BCUT2D eigenvalue weighted by Crippen LogP contribution is -3.00. The zero-order valence-electron chi connectivity index (χ0n) is 23.3. The molecule has 0 N–H and O–H groups in total. The lowest BCUT2D eigenvalue weighted by atomic mass is 10.1. The molecule has 5 aromatic rings. The van der Waals surface area contributed by atoms with E-state index < -0.39 is 10.1 Å². The van der Waals surface area contributed by atoms with Crippen LogP contribution in [0.4, 0.5) is 0 Å². The maximum atomic E-state index is 11.7. The zero-order valence-corrected chi connectivity index (χ0v) is 27.4. The molecule has 220 valence electrons. The molecule has 0 bridgehead atoms. The van der Waals surface area contributed by atoms with Gasteiger partial charge in [-0.2, -0.15) is 9.13 Å². The summed E-state index contributed by atoms with van der Waals surface area (Å²) in [6.45, 7) is 5.97. The third kappa shape index (κ3) is 11.1. The Morgan fingerprint density at radius 1 is 0.714 bits per heavy atom. The number of Topliss-reactive ketones (excluding diaryl/α,β-unsaturated/α-hetero) is 2. The first-order valence-electron chi connectivity index (χ1n) is 12.6. The van der Waals surface area contributed by atoms with E-state index in [0.29, 0.717) is 24.2 Å². The molecule has 7 nitrogen and oxygen atoms in total. The van der Waals surface area contributed by atoms with Crippen LogP contribution in [-0.2, 0) is 23.2 Å². The van der Waals surface area contributed by atoms with Crippen LogP contribution < -0.4 is 26.1 Å². The number of rotatable bonds is 7. The highest BCUT2D eigenvalue weighted by Gasteiger charge is 2.12. The highest BCUT2D eigenvalue weighted by molar-refractivity contribution is 7.85. The minimum atomic E-state index is -4.33. The van der Waals surface area contributed by atoms with Gasteiger partial charge in [-0.05, 0) is 31.9 Å². The number of hydrogen-bond acceptors (Lipinski definition) is 7. The number of carbonyl (C=O) groups excluding carboxylic acids is 2. The molecule has 0 aliphatic carbocycles. The smallest absolute Gasteiger partial charge is 0.227 e. The average Bonchev–Trinajstić information content (AvgIpc) is 3.64. The van der Waals surface area contributed by atoms with E-state index in [0.717, 1.165) is 16.7 Å². The van der Waals surface area contributed by atoms with Crippen molar-refractivity contribution in [2.45, 2.75) is 38.8 Å². The lowest BCUT2D eigenvalue weighted by Gasteiger charge is -2.14. The van der Waals surface area contributed by atoms with Crippen molar-refractivity contribution in [2.24, 2.45) is 0 Å². The summed E-state index contributed by atoms with van der Waals surface area (Å²) in [5.41, 5.74) is 7.40.